The minimum Gasteiger partial charge on any atom is -0.247 e. The van der Waals surface area contributed by atoms with Gasteiger partial charge in [-0.15, -0.1) is 6.58 Å². The molecule has 3 saturated carbocycles. The Morgan fingerprint density at radius 3 is 1.89 bits per heavy atom. The largest absolute Gasteiger partial charge is 0.247 e. The smallest absolute Gasteiger partial charge is 0.103 e. The van der Waals surface area contributed by atoms with Crippen LogP contribution in [0.1, 0.15) is 96.8 Å². The molecule has 0 amide bonds. The van der Waals surface area contributed by atoms with Crippen molar-refractivity contribution < 1.29 is 4.39 Å². The highest BCUT2D eigenvalue weighted by Gasteiger charge is 2.33. The van der Waals surface area contributed by atoms with Crippen LogP contribution in [-0.2, 0) is 0 Å². The molecule has 3 rings (SSSR count). The van der Waals surface area contributed by atoms with Crippen LogP contribution >= 0.6 is 12.6 Å². The highest BCUT2D eigenvalue weighted by molar-refractivity contribution is 7.80. The van der Waals surface area contributed by atoms with Gasteiger partial charge in [0.2, 0.25) is 0 Å². The first kappa shape index (κ1) is 21.7. The van der Waals surface area contributed by atoms with Crippen LogP contribution in [0.3, 0.4) is 0 Å². The Balaban J connectivity index is 1.39. The number of alkyl halides is 1. The van der Waals surface area contributed by atoms with E-state index in [1.165, 1.54) is 64.2 Å². The fourth-order valence-corrected chi connectivity index (χ4v) is 6.70. The van der Waals surface area contributed by atoms with Crippen LogP contribution < -0.4 is 0 Å². The van der Waals surface area contributed by atoms with Crippen molar-refractivity contribution in [1.29, 1.82) is 0 Å². The Bertz CT molecular complexity index is 426. The van der Waals surface area contributed by atoms with Gasteiger partial charge in [0, 0.05) is 5.25 Å². The van der Waals surface area contributed by atoms with Gasteiger partial charge in [-0.3, -0.25) is 0 Å². The van der Waals surface area contributed by atoms with E-state index in [9.17, 15) is 4.39 Å². The maximum Gasteiger partial charge on any atom is 0.103 e. The molecule has 0 heterocycles. The first-order valence-electron chi connectivity index (χ1n) is 12.0. The minimum absolute atomic E-state index is 0.337. The normalized spacial score (nSPS) is 40.3. The predicted molar refractivity (Wildman–Crippen MR) is 119 cm³/mol. The third-order valence-electron chi connectivity index (χ3n) is 8.48. The number of halogens is 1. The van der Waals surface area contributed by atoms with Gasteiger partial charge in [-0.25, -0.2) is 4.39 Å². The van der Waals surface area contributed by atoms with Crippen molar-refractivity contribution in [3.05, 3.63) is 12.7 Å². The lowest BCUT2D eigenvalue weighted by molar-refractivity contribution is 0.126. The minimum atomic E-state index is -0.576. The molecule has 27 heavy (non-hydrogen) atoms. The number of thiol groups is 1. The third kappa shape index (κ3) is 6.25. The number of hydrogen-bond acceptors (Lipinski definition) is 1. The fraction of sp³-hybridized carbons (Fsp3) is 0.920. The number of rotatable bonds is 7. The molecule has 2 atom stereocenters. The lowest BCUT2D eigenvalue weighted by atomic mass is 9.68. The van der Waals surface area contributed by atoms with E-state index in [0.717, 1.165) is 49.4 Å². The van der Waals surface area contributed by atoms with Crippen LogP contribution in [-0.4, -0.2) is 11.4 Å². The van der Waals surface area contributed by atoms with Gasteiger partial charge < -0.3 is 0 Å². The van der Waals surface area contributed by atoms with Crippen molar-refractivity contribution in [2.45, 2.75) is 108 Å². The van der Waals surface area contributed by atoms with Crippen LogP contribution in [0.4, 0.5) is 4.39 Å². The van der Waals surface area contributed by atoms with Crippen LogP contribution in [0.25, 0.3) is 0 Å². The summed E-state index contributed by atoms with van der Waals surface area (Å²) in [6.45, 7) is 6.44. The molecular weight excluding hydrogens is 351 g/mol. The summed E-state index contributed by atoms with van der Waals surface area (Å²) in [4.78, 5) is 0. The van der Waals surface area contributed by atoms with Gasteiger partial charge in [0.1, 0.15) is 6.17 Å². The summed E-state index contributed by atoms with van der Waals surface area (Å²) >= 11 is 4.66. The first-order chi connectivity index (χ1) is 13.1. The molecule has 0 aromatic rings. The average molecular weight is 395 g/mol. The van der Waals surface area contributed by atoms with Gasteiger partial charge in [0.05, 0.1) is 0 Å². The van der Waals surface area contributed by atoms with Gasteiger partial charge in [-0.05, 0) is 113 Å². The summed E-state index contributed by atoms with van der Waals surface area (Å²) < 4.78 is 14.8. The van der Waals surface area contributed by atoms with E-state index in [-0.39, 0.29) is 0 Å². The molecule has 0 saturated heterocycles. The molecular formula is C25H43FS. The van der Waals surface area contributed by atoms with Crippen molar-refractivity contribution >= 4 is 12.6 Å². The van der Waals surface area contributed by atoms with E-state index in [0.29, 0.717) is 17.1 Å². The quantitative estimate of drug-likeness (QED) is 0.328. The number of allylic oxidation sites excluding steroid dienone is 1. The molecule has 0 aromatic carbocycles. The topological polar surface area (TPSA) is 0 Å². The Labute approximate surface area is 173 Å². The summed E-state index contributed by atoms with van der Waals surface area (Å²) in [6, 6.07) is 0. The van der Waals surface area contributed by atoms with Crippen LogP contribution in [0.15, 0.2) is 12.7 Å². The van der Waals surface area contributed by atoms with Crippen molar-refractivity contribution in [3.63, 3.8) is 0 Å². The summed E-state index contributed by atoms with van der Waals surface area (Å²) in [5.74, 6) is 4.36. The van der Waals surface area contributed by atoms with E-state index in [4.69, 9.17) is 0 Å². The van der Waals surface area contributed by atoms with E-state index in [1.807, 2.05) is 0 Å². The summed E-state index contributed by atoms with van der Waals surface area (Å²) in [5.41, 5.74) is 0. The van der Waals surface area contributed by atoms with Gasteiger partial charge in [0.25, 0.3) is 0 Å². The van der Waals surface area contributed by atoms with Crippen molar-refractivity contribution in [1.82, 2.24) is 0 Å². The maximum atomic E-state index is 14.8. The van der Waals surface area contributed by atoms with Crippen LogP contribution in [0, 0.1) is 35.5 Å². The van der Waals surface area contributed by atoms with E-state index < -0.39 is 6.17 Å². The maximum absolute atomic E-state index is 14.8. The second kappa shape index (κ2) is 10.7. The molecule has 0 aliphatic heterocycles. The van der Waals surface area contributed by atoms with Crippen LogP contribution in [0.2, 0.25) is 0 Å². The molecule has 0 N–H and O–H groups in total. The lowest BCUT2D eigenvalue weighted by Gasteiger charge is -2.39. The Hall–Kier alpha value is 0.0200. The predicted octanol–water partition coefficient (Wildman–Crippen LogP) is 8.03. The monoisotopic (exact) mass is 394 g/mol. The molecule has 2 heteroatoms. The molecule has 3 aliphatic carbocycles. The van der Waals surface area contributed by atoms with Crippen molar-refractivity contribution in [3.8, 4) is 0 Å². The van der Waals surface area contributed by atoms with E-state index in [2.05, 4.69) is 32.2 Å². The number of hydrogen-bond donors (Lipinski definition) is 1. The lowest BCUT2D eigenvalue weighted by Crippen LogP contribution is -2.28. The van der Waals surface area contributed by atoms with Crippen LogP contribution in [0.5, 0.6) is 0 Å². The zero-order chi connectivity index (χ0) is 19.2. The Morgan fingerprint density at radius 1 is 0.815 bits per heavy atom. The second-order valence-corrected chi connectivity index (χ2v) is 11.0. The average Bonchev–Trinajstić information content (AvgIpc) is 2.70. The van der Waals surface area contributed by atoms with E-state index >= 15 is 0 Å². The summed E-state index contributed by atoms with van der Waals surface area (Å²) in [7, 11) is 0. The third-order valence-corrected chi connectivity index (χ3v) is 9.00. The van der Waals surface area contributed by atoms with E-state index in [1.54, 1.807) is 0 Å². The molecule has 156 valence electrons. The molecule has 0 nitrogen and oxygen atoms in total. The SMILES string of the molecule is C=CC(CCC(F)C1CCC(C)CC1)C1CCC(C2CCC(S)CC2)CC1. The Morgan fingerprint density at radius 2 is 1.33 bits per heavy atom. The highest BCUT2D eigenvalue weighted by atomic mass is 32.1. The van der Waals surface area contributed by atoms with Gasteiger partial charge in [0.15, 0.2) is 0 Å². The zero-order valence-electron chi connectivity index (χ0n) is 17.6. The first-order valence-corrected chi connectivity index (χ1v) is 12.5. The summed E-state index contributed by atoms with van der Waals surface area (Å²) in [6.07, 6.45) is 19.0. The zero-order valence-corrected chi connectivity index (χ0v) is 18.5. The molecule has 3 aliphatic rings. The standard InChI is InChI=1S/C25H43FS/c1-3-19(14-17-25(26)23-6-4-18(2)5-7-23)20-8-10-21(11-9-20)22-12-15-24(27)16-13-22/h3,18-25,27H,1,4-17H2,2H3. The molecule has 0 spiro atoms. The molecule has 0 radical (unpaired) electrons. The second-order valence-electron chi connectivity index (χ2n) is 10.3. The highest BCUT2D eigenvalue weighted by Crippen LogP contribution is 2.44. The van der Waals surface area contributed by atoms with Gasteiger partial charge >= 0.3 is 0 Å². The molecule has 0 aromatic heterocycles. The van der Waals surface area contributed by atoms with Crippen molar-refractivity contribution in [2.75, 3.05) is 0 Å². The summed E-state index contributed by atoms with van der Waals surface area (Å²) in [5, 5.41) is 0.656. The van der Waals surface area contributed by atoms with Crippen molar-refractivity contribution in [2.24, 2.45) is 35.5 Å². The van der Waals surface area contributed by atoms with Gasteiger partial charge in [-0.2, -0.15) is 12.6 Å². The Kier molecular flexibility index (Phi) is 8.61. The van der Waals surface area contributed by atoms with Gasteiger partial charge in [-0.1, -0.05) is 25.8 Å². The molecule has 0 bridgehead atoms. The fourth-order valence-electron chi connectivity index (χ4n) is 6.40. The molecule has 3 fully saturated rings. The molecule has 2 unspecified atom stereocenters.